The number of hydrogen-bond donors (Lipinski definition) is 0. The first kappa shape index (κ1) is 7.88. The van der Waals surface area contributed by atoms with Crippen LogP contribution in [0.25, 0.3) is 11.1 Å². The maximum atomic E-state index is 10.2. The van der Waals surface area contributed by atoms with Gasteiger partial charge in [-0.1, -0.05) is 30.7 Å². The molecule has 13 heavy (non-hydrogen) atoms. The van der Waals surface area contributed by atoms with Crippen molar-refractivity contribution >= 4 is 5.91 Å². The van der Waals surface area contributed by atoms with Gasteiger partial charge in [0.25, 0.3) is 0 Å². The number of fused-ring (bicyclic) bond motifs is 1. The van der Waals surface area contributed by atoms with Crippen LogP contribution in [-0.2, 0) is 4.79 Å². The molecule has 2 heteroatoms. The van der Waals surface area contributed by atoms with Gasteiger partial charge in [0, 0.05) is 19.0 Å². The summed E-state index contributed by atoms with van der Waals surface area (Å²) in [6, 6.07) is 10.7. The lowest BCUT2D eigenvalue weighted by Gasteiger charge is -2.22. The Morgan fingerprint density at radius 2 is 1.77 bits per heavy atom. The molecule has 0 saturated carbocycles. The predicted molar refractivity (Wildman–Crippen MR) is 50.6 cm³/mol. The summed E-state index contributed by atoms with van der Waals surface area (Å²) < 4.78 is 0. The maximum Gasteiger partial charge on any atom is 0.235 e. The van der Waals surface area contributed by atoms with Gasteiger partial charge in [-0.25, -0.2) is 0 Å². The van der Waals surface area contributed by atoms with Gasteiger partial charge in [0.1, 0.15) is 0 Å². The van der Waals surface area contributed by atoms with Gasteiger partial charge in [-0.3, -0.25) is 9.69 Å². The van der Waals surface area contributed by atoms with Crippen molar-refractivity contribution in [2.75, 3.05) is 6.54 Å². The molecule has 3 aliphatic rings. The average Bonchev–Trinajstić information content (AvgIpc) is 2.10. The van der Waals surface area contributed by atoms with Gasteiger partial charge < -0.3 is 0 Å². The van der Waals surface area contributed by atoms with Gasteiger partial charge in [0.15, 0.2) is 0 Å². The van der Waals surface area contributed by atoms with Crippen LogP contribution in [-0.4, -0.2) is 17.4 Å². The first-order chi connectivity index (χ1) is 6.31. The van der Waals surface area contributed by atoms with Crippen LogP contribution in [0.4, 0.5) is 0 Å². The van der Waals surface area contributed by atoms with Gasteiger partial charge in [0.2, 0.25) is 5.91 Å². The molecule has 0 unspecified atom stereocenters. The van der Waals surface area contributed by atoms with Crippen molar-refractivity contribution in [3.63, 3.8) is 0 Å². The molecular weight excluding hydrogens is 162 g/mol. The van der Waals surface area contributed by atoms with Crippen LogP contribution in [0.5, 0.6) is 0 Å². The summed E-state index contributed by atoms with van der Waals surface area (Å²) in [5.41, 5.74) is 2.85. The van der Waals surface area contributed by atoms with Crippen molar-refractivity contribution in [2.24, 2.45) is 0 Å². The Morgan fingerprint density at radius 3 is 1.77 bits per heavy atom. The Balaban J connectivity index is 0.000000101. The average molecular weight is 171 g/mol. The van der Waals surface area contributed by atoms with E-state index in [0.717, 1.165) is 6.54 Å². The van der Waals surface area contributed by atoms with Crippen LogP contribution in [0, 0.1) is 12.5 Å². The molecule has 1 fully saturated rings. The van der Waals surface area contributed by atoms with Crippen molar-refractivity contribution in [1.82, 2.24) is 4.90 Å². The van der Waals surface area contributed by atoms with Crippen molar-refractivity contribution in [3.8, 4) is 23.6 Å². The first-order valence-electron chi connectivity index (χ1n) is 4.18. The number of nitrogens with zero attached hydrogens (tertiary/aromatic N) is 1. The standard InChI is InChI=1S/C6H4.C5H5NO/c1-2-6-4-3-5(1)6;1-2-6-4-3-5(6)7/h1-4H;1H,3-4H2. The quantitative estimate of drug-likeness (QED) is 0.434. The van der Waals surface area contributed by atoms with Gasteiger partial charge in [0.05, 0.1) is 0 Å². The molecule has 2 aliphatic carbocycles. The van der Waals surface area contributed by atoms with Crippen molar-refractivity contribution in [3.05, 3.63) is 24.3 Å². The zero-order valence-electron chi connectivity index (χ0n) is 7.16. The number of hydrogen-bond acceptors (Lipinski definition) is 1. The molecule has 0 aromatic carbocycles. The highest BCUT2D eigenvalue weighted by Gasteiger charge is 2.20. The second kappa shape index (κ2) is 2.95. The van der Waals surface area contributed by atoms with E-state index in [4.69, 9.17) is 6.42 Å². The summed E-state index contributed by atoms with van der Waals surface area (Å²) >= 11 is 0. The lowest BCUT2D eigenvalue weighted by Crippen LogP contribution is -2.39. The highest BCUT2D eigenvalue weighted by Crippen LogP contribution is 2.29. The number of carbonyl (C=O) groups is 1. The molecule has 2 nitrogen and oxygen atoms in total. The van der Waals surface area contributed by atoms with Crippen LogP contribution >= 0.6 is 0 Å². The maximum absolute atomic E-state index is 10.2. The molecule has 0 radical (unpaired) electrons. The second-order valence-corrected chi connectivity index (χ2v) is 3.00. The van der Waals surface area contributed by atoms with E-state index in [0.29, 0.717) is 6.42 Å². The number of likely N-dealkylation sites (tertiary alicyclic amines) is 1. The van der Waals surface area contributed by atoms with E-state index >= 15 is 0 Å². The zero-order valence-corrected chi connectivity index (χ0v) is 7.16. The van der Waals surface area contributed by atoms with Gasteiger partial charge in [-0.15, -0.1) is 0 Å². The lowest BCUT2D eigenvalue weighted by atomic mass is 9.95. The molecule has 3 rings (SSSR count). The van der Waals surface area contributed by atoms with Crippen molar-refractivity contribution in [1.29, 1.82) is 0 Å². The van der Waals surface area contributed by atoms with Crippen molar-refractivity contribution in [2.45, 2.75) is 6.42 Å². The minimum absolute atomic E-state index is 0.0718. The second-order valence-electron chi connectivity index (χ2n) is 3.00. The highest BCUT2D eigenvalue weighted by atomic mass is 16.2. The van der Waals surface area contributed by atoms with E-state index < -0.39 is 0 Å². The van der Waals surface area contributed by atoms with E-state index in [9.17, 15) is 4.79 Å². The molecule has 0 atom stereocenters. The molecular formula is C11H9NO. The summed E-state index contributed by atoms with van der Waals surface area (Å²) in [5, 5.41) is 0. The summed E-state index contributed by atoms with van der Waals surface area (Å²) in [6.45, 7) is 0.745. The summed E-state index contributed by atoms with van der Waals surface area (Å²) in [6.07, 6.45) is 5.51. The molecule has 1 heterocycles. The van der Waals surface area contributed by atoms with E-state index in [1.165, 1.54) is 16.0 Å². The smallest absolute Gasteiger partial charge is 0.235 e. The third kappa shape index (κ3) is 1.29. The van der Waals surface area contributed by atoms with E-state index in [-0.39, 0.29) is 5.91 Å². The first-order valence-corrected chi connectivity index (χ1v) is 4.18. The Hall–Kier alpha value is -1.75. The number of carbonyl (C=O) groups excluding carboxylic acids is 1. The SMILES string of the molecule is C#CN1CCC1=O.c1cc2ccc1-2. The molecule has 1 saturated heterocycles. The molecule has 1 aliphatic heterocycles. The lowest BCUT2D eigenvalue weighted by molar-refractivity contribution is -0.135. The molecule has 0 bridgehead atoms. The summed E-state index contributed by atoms with van der Waals surface area (Å²) in [7, 11) is 0. The number of amides is 1. The van der Waals surface area contributed by atoms with E-state index in [1.54, 1.807) is 0 Å². The molecule has 64 valence electrons. The minimum Gasteiger partial charge on any atom is -0.274 e. The molecule has 0 N–H and O–H groups in total. The number of benzene rings is 1. The fraction of sp³-hybridized carbons (Fsp3) is 0.182. The molecule has 1 amide bonds. The van der Waals surface area contributed by atoms with Gasteiger partial charge >= 0.3 is 0 Å². The van der Waals surface area contributed by atoms with Crippen LogP contribution in [0.1, 0.15) is 6.42 Å². The molecule has 0 aromatic heterocycles. The normalized spacial score (nSPS) is 15.0. The third-order valence-electron chi connectivity index (χ3n) is 2.22. The van der Waals surface area contributed by atoms with Crippen LogP contribution in [0.3, 0.4) is 0 Å². The summed E-state index contributed by atoms with van der Waals surface area (Å²) in [5.74, 6) is 0.0718. The fourth-order valence-electron chi connectivity index (χ4n) is 1.11. The molecule has 0 aromatic rings. The third-order valence-corrected chi connectivity index (χ3v) is 2.22. The topological polar surface area (TPSA) is 20.3 Å². The van der Waals surface area contributed by atoms with Gasteiger partial charge in [-0.05, 0) is 11.1 Å². The predicted octanol–water partition coefficient (Wildman–Crippen LogP) is 1.48. The number of terminal acetylenes is 1. The molecule has 0 spiro atoms. The van der Waals surface area contributed by atoms with Crippen molar-refractivity contribution < 1.29 is 4.79 Å². The monoisotopic (exact) mass is 171 g/mol. The Morgan fingerprint density at radius 1 is 1.23 bits per heavy atom. The zero-order chi connectivity index (χ0) is 9.26. The van der Waals surface area contributed by atoms with Crippen LogP contribution in [0.2, 0.25) is 0 Å². The van der Waals surface area contributed by atoms with E-state index in [2.05, 4.69) is 30.3 Å². The minimum atomic E-state index is 0.0718. The highest BCUT2D eigenvalue weighted by molar-refractivity contribution is 5.83. The summed E-state index contributed by atoms with van der Waals surface area (Å²) in [4.78, 5) is 11.6. The Labute approximate surface area is 77.2 Å². The largest absolute Gasteiger partial charge is 0.274 e. The van der Waals surface area contributed by atoms with Gasteiger partial charge in [-0.2, -0.15) is 0 Å². The fourth-order valence-corrected chi connectivity index (χ4v) is 1.11. The number of rotatable bonds is 0. The van der Waals surface area contributed by atoms with Crippen LogP contribution < -0.4 is 0 Å². The Bertz CT molecular complexity index is 351. The van der Waals surface area contributed by atoms with E-state index in [1.807, 2.05) is 0 Å². The van der Waals surface area contributed by atoms with Crippen LogP contribution in [0.15, 0.2) is 24.3 Å². The Kier molecular flexibility index (Phi) is 1.79. The number of β-lactam (4-membered cyclic amide) rings is 1.